The smallest absolute Gasteiger partial charge is 0.259 e. The molecule has 0 aliphatic carbocycles. The molecule has 11 heteroatoms. The van der Waals surface area contributed by atoms with Crippen molar-refractivity contribution in [3.8, 4) is 11.5 Å². The summed E-state index contributed by atoms with van der Waals surface area (Å²) in [6, 6.07) is 22.5. The Hall–Kier alpha value is -5.75. The van der Waals surface area contributed by atoms with Crippen LogP contribution in [0.4, 0.5) is 27.1 Å². The van der Waals surface area contributed by atoms with Crippen molar-refractivity contribution in [3.05, 3.63) is 130 Å². The third kappa shape index (κ3) is 11.8. The van der Waals surface area contributed by atoms with Crippen molar-refractivity contribution in [3.63, 3.8) is 0 Å². The van der Waals surface area contributed by atoms with Crippen LogP contribution in [0.1, 0.15) is 38.0 Å². The lowest BCUT2D eigenvalue weighted by atomic mass is 10.1. The highest BCUT2D eigenvalue weighted by Gasteiger charge is 2.32. The van der Waals surface area contributed by atoms with Crippen molar-refractivity contribution < 1.29 is 33.7 Å². The molecule has 0 aliphatic rings. The predicted octanol–water partition coefficient (Wildman–Crippen LogP) is 7.71. The van der Waals surface area contributed by atoms with Crippen LogP contribution < -0.4 is 20.1 Å². The van der Waals surface area contributed by atoms with Gasteiger partial charge in [-0.05, 0) is 106 Å². The van der Waals surface area contributed by atoms with Crippen molar-refractivity contribution in [2.45, 2.75) is 53.2 Å². The van der Waals surface area contributed by atoms with E-state index in [9.17, 15) is 24.2 Å². The zero-order chi connectivity index (χ0) is 35.5. The molecule has 4 aromatic rings. The van der Waals surface area contributed by atoms with Crippen LogP contribution in [0.15, 0.2) is 84.9 Å². The minimum atomic E-state index is -1.78. The average Bonchev–Trinajstić information content (AvgIpc) is 3.05. The normalized spacial score (nSPS) is 12.5. The Labute approximate surface area is 286 Å². The lowest BCUT2D eigenvalue weighted by molar-refractivity contribution is -0.135. The summed E-state index contributed by atoms with van der Waals surface area (Å²) >= 11 is 0. The lowest BCUT2D eigenvalue weighted by Gasteiger charge is -2.22. The first-order valence-electron chi connectivity index (χ1n) is 14.8. The molecule has 0 heterocycles. The summed E-state index contributed by atoms with van der Waals surface area (Å²) in [6.45, 7) is 21.8. The number of carbonyl (C=O) groups is 2. The Morgan fingerprint density at radius 2 is 1.06 bits per heavy atom. The minimum absolute atomic E-state index is 0. The Morgan fingerprint density at radius 3 is 1.41 bits per heavy atom. The summed E-state index contributed by atoms with van der Waals surface area (Å²) < 4.78 is 23.7. The number of rotatable bonds is 10. The van der Waals surface area contributed by atoms with Crippen molar-refractivity contribution in [2.24, 2.45) is 0 Å². The summed E-state index contributed by atoms with van der Waals surface area (Å²) in [7, 11) is 0. The molecule has 4 rings (SSSR count). The van der Waals surface area contributed by atoms with Crippen LogP contribution in [0.2, 0.25) is 0 Å². The van der Waals surface area contributed by atoms with E-state index < -0.39 is 28.8 Å². The van der Waals surface area contributed by atoms with Gasteiger partial charge in [0.25, 0.3) is 11.8 Å². The summed E-state index contributed by atoms with van der Waals surface area (Å²) in [4.78, 5) is 31.2. The Balaban J connectivity index is 0.000000333. The molecule has 0 spiro atoms. The van der Waals surface area contributed by atoms with Gasteiger partial charge in [-0.1, -0.05) is 37.3 Å². The molecular formula is C38H41FN4O6. The van der Waals surface area contributed by atoms with Crippen LogP contribution in [0.3, 0.4) is 0 Å². The minimum Gasteiger partial charge on any atom is -0.490 e. The van der Waals surface area contributed by atoms with E-state index in [1.54, 1.807) is 62.4 Å². The highest BCUT2D eigenvalue weighted by atomic mass is 19.1. The highest BCUT2D eigenvalue weighted by molar-refractivity contribution is 5.98. The summed E-state index contributed by atoms with van der Waals surface area (Å²) in [5.41, 5.74) is 1.17. The van der Waals surface area contributed by atoms with Crippen LogP contribution in [0, 0.1) is 39.7 Å². The number of nitrogens with zero attached hydrogens (tertiary/aromatic N) is 2. The molecule has 2 amide bonds. The van der Waals surface area contributed by atoms with Crippen molar-refractivity contribution >= 4 is 34.6 Å². The fourth-order valence-electron chi connectivity index (χ4n) is 3.99. The van der Waals surface area contributed by atoms with Gasteiger partial charge in [0.05, 0.1) is 13.1 Å². The van der Waals surface area contributed by atoms with E-state index in [2.05, 4.69) is 20.3 Å². The van der Waals surface area contributed by atoms with Gasteiger partial charge in [0, 0.05) is 11.4 Å². The summed E-state index contributed by atoms with van der Waals surface area (Å²) in [5, 5.41) is 25.9. The number of aliphatic hydroxyl groups is 2. The molecule has 0 aliphatic heterocycles. The second kappa shape index (κ2) is 17.4. The van der Waals surface area contributed by atoms with Gasteiger partial charge >= 0.3 is 0 Å². The van der Waals surface area contributed by atoms with Gasteiger partial charge in [-0.2, -0.15) is 0 Å². The van der Waals surface area contributed by atoms with Crippen LogP contribution in [0.25, 0.3) is 9.69 Å². The molecule has 0 unspecified atom stereocenters. The van der Waals surface area contributed by atoms with Gasteiger partial charge in [0.15, 0.2) is 22.6 Å². The number of benzene rings is 4. The molecule has 2 atom stereocenters. The number of anilines is 2. The van der Waals surface area contributed by atoms with E-state index in [0.29, 0.717) is 34.2 Å². The monoisotopic (exact) mass is 668 g/mol. The maximum atomic E-state index is 12.8. The number of aryl methyl sites for hydroxylation is 3. The SMILES string of the molecule is C.[C-]#[N+]c1ccc(NC(=O)[C@@](C)(O)COc2ccc(C)cc2)cc1C.[C-]#[N+]c1ccc(NC(=O)[C@@](C)(O)COc2ccc(F)cc2)cc1C. The molecule has 256 valence electrons. The first-order chi connectivity index (χ1) is 22.6. The number of hydrogen-bond acceptors (Lipinski definition) is 6. The summed E-state index contributed by atoms with van der Waals surface area (Å²) in [5.74, 6) is -0.665. The van der Waals surface area contributed by atoms with Crippen molar-refractivity contribution in [1.82, 2.24) is 0 Å². The maximum Gasteiger partial charge on any atom is 0.259 e. The molecule has 4 aromatic carbocycles. The van der Waals surface area contributed by atoms with Crippen LogP contribution >= 0.6 is 0 Å². The number of ether oxygens (including phenoxy) is 2. The third-order valence-electron chi connectivity index (χ3n) is 7.00. The first-order valence-corrected chi connectivity index (χ1v) is 14.8. The van der Waals surface area contributed by atoms with E-state index in [-0.39, 0.29) is 20.6 Å². The van der Waals surface area contributed by atoms with Gasteiger partial charge < -0.3 is 30.3 Å². The zero-order valence-corrected chi connectivity index (χ0v) is 27.3. The zero-order valence-electron chi connectivity index (χ0n) is 27.3. The molecule has 4 N–H and O–H groups in total. The highest BCUT2D eigenvalue weighted by Crippen LogP contribution is 2.25. The topological polar surface area (TPSA) is 126 Å². The molecule has 0 aromatic heterocycles. The number of nitrogens with one attached hydrogen (secondary N) is 2. The Morgan fingerprint density at radius 1 is 0.694 bits per heavy atom. The van der Waals surface area contributed by atoms with Gasteiger partial charge in [-0.25, -0.2) is 14.1 Å². The fourth-order valence-corrected chi connectivity index (χ4v) is 3.99. The molecule has 0 bridgehead atoms. The Bertz CT molecular complexity index is 1690. The Kier molecular flexibility index (Phi) is 14.0. The van der Waals surface area contributed by atoms with E-state index in [0.717, 1.165) is 16.7 Å². The molecule has 0 saturated heterocycles. The fraction of sp³-hybridized carbons (Fsp3) is 0.263. The molecule has 49 heavy (non-hydrogen) atoms. The van der Waals surface area contributed by atoms with E-state index in [1.165, 1.54) is 38.1 Å². The molecule has 0 fully saturated rings. The maximum absolute atomic E-state index is 12.8. The van der Waals surface area contributed by atoms with Gasteiger partial charge in [-0.15, -0.1) is 0 Å². The van der Waals surface area contributed by atoms with E-state index in [1.807, 2.05) is 19.1 Å². The van der Waals surface area contributed by atoms with Crippen LogP contribution in [-0.4, -0.2) is 46.4 Å². The molecule has 0 saturated carbocycles. The number of halogens is 1. The second-order valence-corrected chi connectivity index (χ2v) is 11.5. The standard InChI is InChI=1S/C19H20N2O3.C18H17FN2O3.CH4/c1-13-5-8-16(9-6-13)24-12-19(3,23)18(22)21-15-7-10-17(20-4)14(2)11-15;1-12-10-14(6-9-16(12)20-3)21-17(22)18(2,23)11-24-15-7-4-13(19)5-8-15;/h5-11,23H,12H2,1-3H3,(H,21,22);4-10,23H,11H2,1-2H3,(H,21,22);1H4/t19-;18-;/m00./s1. The van der Waals surface area contributed by atoms with Gasteiger partial charge in [-0.3, -0.25) is 9.59 Å². The second-order valence-electron chi connectivity index (χ2n) is 11.5. The first kappa shape index (κ1) is 39.4. The van der Waals surface area contributed by atoms with Gasteiger partial charge in [0.1, 0.15) is 30.5 Å². The average molecular weight is 669 g/mol. The largest absolute Gasteiger partial charge is 0.490 e. The van der Waals surface area contributed by atoms with E-state index in [4.69, 9.17) is 22.6 Å². The van der Waals surface area contributed by atoms with Gasteiger partial charge in [0.2, 0.25) is 0 Å². The van der Waals surface area contributed by atoms with Crippen LogP contribution in [0.5, 0.6) is 11.5 Å². The number of amides is 2. The predicted molar refractivity (Wildman–Crippen MR) is 189 cm³/mol. The molecule has 0 radical (unpaired) electrons. The van der Waals surface area contributed by atoms with Crippen molar-refractivity contribution in [1.29, 1.82) is 0 Å². The van der Waals surface area contributed by atoms with E-state index >= 15 is 0 Å². The molecule has 10 nitrogen and oxygen atoms in total. The quantitative estimate of drug-likeness (QED) is 0.128. The van der Waals surface area contributed by atoms with Crippen molar-refractivity contribution in [2.75, 3.05) is 23.8 Å². The number of hydrogen-bond donors (Lipinski definition) is 4. The molecular weight excluding hydrogens is 627 g/mol. The number of carbonyl (C=O) groups excluding carboxylic acids is 2. The van der Waals surface area contributed by atoms with Crippen LogP contribution in [-0.2, 0) is 9.59 Å². The third-order valence-corrected chi connectivity index (χ3v) is 7.00. The lowest BCUT2D eigenvalue weighted by Crippen LogP contribution is -2.45. The summed E-state index contributed by atoms with van der Waals surface area (Å²) in [6.07, 6.45) is 0.